The molecular formula is C21H23ClN4O6S. The molecule has 0 aliphatic heterocycles. The van der Waals surface area contributed by atoms with E-state index in [1.165, 1.54) is 19.3 Å². The highest BCUT2D eigenvalue weighted by atomic mass is 35.5. The Hall–Kier alpha value is -3.18. The van der Waals surface area contributed by atoms with Crippen LogP contribution in [-0.4, -0.2) is 38.4 Å². The summed E-state index contributed by atoms with van der Waals surface area (Å²) in [6.07, 6.45) is 3.87. The lowest BCUT2D eigenvalue weighted by Crippen LogP contribution is -2.11. The fraction of sp³-hybridized carbons (Fsp3) is 0.381. The molecule has 0 bridgehead atoms. The Morgan fingerprint density at radius 3 is 2.58 bits per heavy atom. The normalized spacial score (nSPS) is 13.8. The monoisotopic (exact) mass is 494 g/mol. The van der Waals surface area contributed by atoms with Crippen LogP contribution in [0.2, 0.25) is 5.02 Å². The third-order valence-electron chi connectivity index (χ3n) is 5.22. The summed E-state index contributed by atoms with van der Waals surface area (Å²) in [6.45, 7) is 0.490. The minimum absolute atomic E-state index is 0.0747. The highest BCUT2D eigenvalue weighted by molar-refractivity contribution is 7.21. The van der Waals surface area contributed by atoms with Crippen LogP contribution >= 0.6 is 22.9 Å². The predicted molar refractivity (Wildman–Crippen MR) is 126 cm³/mol. The van der Waals surface area contributed by atoms with Crippen molar-refractivity contribution in [2.45, 2.75) is 44.6 Å². The molecule has 4 rings (SSSR count). The second kappa shape index (κ2) is 11.1. The molecule has 1 saturated carbocycles. The largest absolute Gasteiger partial charge is 0.503 e. The highest BCUT2D eigenvalue weighted by Gasteiger charge is 2.23. The zero-order valence-corrected chi connectivity index (χ0v) is 19.4. The van der Waals surface area contributed by atoms with Crippen LogP contribution in [0.3, 0.4) is 0 Å². The second-order valence-electron chi connectivity index (χ2n) is 7.43. The van der Waals surface area contributed by atoms with Gasteiger partial charge in [-0.1, -0.05) is 36.9 Å². The van der Waals surface area contributed by atoms with Gasteiger partial charge in [0.1, 0.15) is 22.2 Å². The van der Waals surface area contributed by atoms with Gasteiger partial charge < -0.3 is 20.3 Å². The number of thiophene rings is 1. The molecule has 176 valence electrons. The van der Waals surface area contributed by atoms with E-state index in [9.17, 15) is 10.1 Å². The molecule has 2 aromatic heterocycles. The molecule has 12 heteroatoms. The van der Waals surface area contributed by atoms with E-state index >= 15 is 0 Å². The van der Waals surface area contributed by atoms with Gasteiger partial charge in [-0.05, 0) is 41.9 Å². The van der Waals surface area contributed by atoms with Crippen molar-refractivity contribution >= 4 is 50.1 Å². The molecular weight excluding hydrogens is 472 g/mol. The lowest BCUT2D eigenvalue weighted by Gasteiger charge is -2.21. The highest BCUT2D eigenvalue weighted by Crippen LogP contribution is 2.37. The van der Waals surface area contributed by atoms with Gasteiger partial charge in [-0.2, -0.15) is 0 Å². The van der Waals surface area contributed by atoms with Crippen LogP contribution in [-0.2, 0) is 6.54 Å². The lowest BCUT2D eigenvalue weighted by molar-refractivity contribution is -0.380. The van der Waals surface area contributed by atoms with Gasteiger partial charge in [0.2, 0.25) is 0 Å². The van der Waals surface area contributed by atoms with Crippen LogP contribution in [0.15, 0.2) is 24.3 Å². The lowest BCUT2D eigenvalue weighted by atomic mass is 9.89. The fourth-order valence-corrected chi connectivity index (χ4v) is 4.83. The van der Waals surface area contributed by atoms with Crippen molar-refractivity contribution in [1.82, 2.24) is 9.97 Å². The smallest absolute Gasteiger partial charge is 0.495 e. The average molecular weight is 495 g/mol. The number of aromatic nitrogens is 2. The van der Waals surface area contributed by atoms with E-state index < -0.39 is 6.16 Å². The van der Waals surface area contributed by atoms with Crippen molar-refractivity contribution in [1.29, 1.82) is 0 Å². The maximum atomic E-state index is 11.3. The van der Waals surface area contributed by atoms with Crippen LogP contribution < -0.4 is 10.1 Å². The fourth-order valence-electron chi connectivity index (χ4n) is 3.70. The Labute approximate surface area is 198 Å². The van der Waals surface area contributed by atoms with Crippen LogP contribution in [0.5, 0.6) is 5.75 Å². The molecule has 2 heterocycles. The topological polar surface area (TPSA) is 148 Å². The van der Waals surface area contributed by atoms with E-state index in [0.717, 1.165) is 35.6 Å². The van der Waals surface area contributed by atoms with Crippen LogP contribution in [0.25, 0.3) is 10.2 Å². The van der Waals surface area contributed by atoms with Crippen LogP contribution in [0.1, 0.15) is 49.4 Å². The Bertz CT molecular complexity index is 1150. The average Bonchev–Trinajstić information content (AvgIpc) is 3.22. The molecule has 0 radical (unpaired) electrons. The molecule has 1 aliphatic carbocycles. The van der Waals surface area contributed by atoms with Crippen LogP contribution in [0, 0.1) is 10.1 Å². The number of carbonyl (C=O) groups is 1. The van der Waals surface area contributed by atoms with Gasteiger partial charge in [0, 0.05) is 18.5 Å². The van der Waals surface area contributed by atoms with Gasteiger partial charge in [-0.25, -0.2) is 14.8 Å². The zero-order valence-electron chi connectivity index (χ0n) is 17.8. The summed E-state index contributed by atoms with van der Waals surface area (Å²) < 4.78 is 5.19. The number of rotatable bonds is 6. The summed E-state index contributed by atoms with van der Waals surface area (Å²) in [6, 6.07) is 7.13. The van der Waals surface area contributed by atoms with Crippen molar-refractivity contribution < 1.29 is 24.7 Å². The first kappa shape index (κ1) is 24.5. The first-order chi connectivity index (χ1) is 15.8. The molecule has 0 unspecified atom stereocenters. The summed E-state index contributed by atoms with van der Waals surface area (Å²) in [4.78, 5) is 29.6. The van der Waals surface area contributed by atoms with E-state index in [-0.39, 0.29) is 9.92 Å². The molecule has 0 spiro atoms. The third kappa shape index (κ3) is 6.42. The number of carboxylic acid groups (broad SMARTS) is 2. The van der Waals surface area contributed by atoms with E-state index in [4.69, 9.17) is 36.3 Å². The van der Waals surface area contributed by atoms with Crippen molar-refractivity contribution in [3.8, 4) is 5.75 Å². The van der Waals surface area contributed by atoms with Crippen molar-refractivity contribution in [3.05, 3.63) is 50.8 Å². The number of hydrogen-bond donors (Lipinski definition) is 3. The molecule has 10 nitrogen and oxygen atoms in total. The number of fused-ring (bicyclic) bond motifs is 1. The summed E-state index contributed by atoms with van der Waals surface area (Å²) in [7, 11) is 1.58. The number of ether oxygens (including phenoxy) is 1. The van der Waals surface area contributed by atoms with Crippen LogP contribution in [0.4, 0.5) is 15.6 Å². The van der Waals surface area contributed by atoms with E-state index in [1.54, 1.807) is 13.2 Å². The number of anilines is 1. The number of nitro groups is 1. The molecule has 0 atom stereocenters. The maximum Gasteiger partial charge on any atom is 0.503 e. The predicted octanol–water partition coefficient (Wildman–Crippen LogP) is 6.14. The van der Waals surface area contributed by atoms with Gasteiger partial charge in [0.15, 0.2) is 0 Å². The number of halogens is 1. The molecule has 0 amide bonds. The quantitative estimate of drug-likeness (QED) is 0.271. The Morgan fingerprint density at radius 2 is 1.97 bits per heavy atom. The second-order valence-corrected chi connectivity index (χ2v) is 8.85. The Balaban J connectivity index is 0.000000709. The van der Waals surface area contributed by atoms with Gasteiger partial charge in [0.25, 0.3) is 0 Å². The number of methoxy groups -OCH3 is 1. The Morgan fingerprint density at radius 1 is 1.27 bits per heavy atom. The zero-order chi connectivity index (χ0) is 24.0. The molecule has 1 aromatic carbocycles. The Kier molecular flexibility index (Phi) is 8.23. The van der Waals surface area contributed by atoms with Gasteiger partial charge in [-0.15, -0.1) is 0 Å². The molecule has 1 aliphatic rings. The number of hydrogen-bond acceptors (Lipinski definition) is 8. The molecule has 3 N–H and O–H groups in total. The number of nitrogens with zero attached hydrogens (tertiary/aromatic N) is 3. The molecule has 1 fully saturated rings. The van der Waals surface area contributed by atoms with Crippen molar-refractivity contribution in [2.75, 3.05) is 12.4 Å². The molecule has 3 aromatic rings. The summed E-state index contributed by atoms with van der Waals surface area (Å²) >= 11 is 7.32. The number of benzene rings is 1. The summed E-state index contributed by atoms with van der Waals surface area (Å²) in [5.41, 5.74) is 0.964. The van der Waals surface area contributed by atoms with Crippen molar-refractivity contribution in [3.63, 3.8) is 0 Å². The number of nitrogens with one attached hydrogen (secondary N) is 1. The van der Waals surface area contributed by atoms with E-state index in [2.05, 4.69) is 10.3 Å². The first-order valence-corrected chi connectivity index (χ1v) is 11.4. The van der Waals surface area contributed by atoms with E-state index in [1.807, 2.05) is 18.2 Å². The maximum absolute atomic E-state index is 11.3. The van der Waals surface area contributed by atoms with Gasteiger partial charge in [0.05, 0.1) is 22.4 Å². The van der Waals surface area contributed by atoms with Gasteiger partial charge >= 0.3 is 11.2 Å². The summed E-state index contributed by atoms with van der Waals surface area (Å²) in [5, 5.41) is 29.8. The third-order valence-corrected chi connectivity index (χ3v) is 6.50. The first-order valence-electron chi connectivity index (χ1n) is 10.2. The minimum atomic E-state index is -1.83. The standard InChI is InChI=1S/C20H21ClN4O3S.CH2O3/c1-28-16-8-7-12(9-15(16)21)11-22-19-14-10-17(25(26)27)29-20(14)24-18(23-19)13-5-3-2-4-6-13;2-1(3)4/h7-10,13H,2-6,11H2,1H3,(H,22,23,24);(H2,2,3,4). The van der Waals surface area contributed by atoms with Crippen molar-refractivity contribution in [2.24, 2.45) is 0 Å². The SMILES string of the molecule is COc1ccc(CNc2nc(C3CCCCC3)nc3sc([N+](=O)[O-])cc23)cc1Cl.O=C(O)O. The summed E-state index contributed by atoms with van der Waals surface area (Å²) in [5.74, 6) is 2.34. The minimum Gasteiger partial charge on any atom is -0.495 e. The molecule has 33 heavy (non-hydrogen) atoms. The van der Waals surface area contributed by atoms with Gasteiger partial charge in [-0.3, -0.25) is 10.1 Å². The van der Waals surface area contributed by atoms with E-state index in [0.29, 0.717) is 39.3 Å². The molecule has 0 saturated heterocycles.